The van der Waals surface area contributed by atoms with E-state index in [2.05, 4.69) is 24.2 Å². The third-order valence-electron chi connectivity index (χ3n) is 11.5. The van der Waals surface area contributed by atoms with Gasteiger partial charge in [-0.3, -0.25) is 4.79 Å². The van der Waals surface area contributed by atoms with Gasteiger partial charge >= 0.3 is 0 Å². The van der Waals surface area contributed by atoms with Crippen molar-refractivity contribution in [3.8, 4) is 0 Å². The molecule has 1 aromatic heterocycles. The smallest absolute Gasteiger partial charge is 0.188 e. The highest BCUT2D eigenvalue weighted by atomic mass is 19.2. The van der Waals surface area contributed by atoms with Crippen LogP contribution >= 0.6 is 0 Å². The molecular weight excluding hydrogens is 488 g/mol. The third-order valence-corrected chi connectivity index (χ3v) is 11.5. The van der Waals surface area contributed by atoms with Crippen molar-refractivity contribution in [2.24, 2.45) is 40.4 Å². The molecule has 4 aliphatic carbocycles. The molecule has 4 fully saturated rings. The standard InChI is InChI=1S/C30H41F2N3O3/c1-4-38-17-30-14-13-28(2,37)15-18(30)5-6-19-20-7-8-22(29(20,3)12-11-21(19)30)25(36)16-35-24-10-9-23(31)26(32)27(24)33-34-35/h9-10,18-22,37H,4-8,11-17H2,1-3H3/t18-,19+,20+,21+,22-,28-,29+,30-/m1/s1. The number of aromatic nitrogens is 3. The molecule has 0 radical (unpaired) electrons. The molecule has 1 heterocycles. The lowest BCUT2D eigenvalue weighted by Gasteiger charge is -2.62. The normalized spacial score (nSPS) is 40.5. The van der Waals surface area contributed by atoms with Crippen LogP contribution in [-0.4, -0.2) is 44.7 Å². The van der Waals surface area contributed by atoms with Crippen molar-refractivity contribution in [2.45, 2.75) is 90.7 Å². The second kappa shape index (κ2) is 9.33. The van der Waals surface area contributed by atoms with Gasteiger partial charge < -0.3 is 9.84 Å². The first-order chi connectivity index (χ1) is 18.1. The molecule has 4 aliphatic rings. The molecule has 0 bridgehead atoms. The molecule has 1 aromatic carbocycles. The van der Waals surface area contributed by atoms with E-state index in [0.717, 1.165) is 64.0 Å². The van der Waals surface area contributed by atoms with E-state index in [9.17, 15) is 18.7 Å². The van der Waals surface area contributed by atoms with Crippen LogP contribution in [0.5, 0.6) is 0 Å². The van der Waals surface area contributed by atoms with Crippen LogP contribution in [0.25, 0.3) is 11.0 Å². The zero-order chi connectivity index (χ0) is 26.9. The number of rotatable bonds is 6. The predicted octanol–water partition coefficient (Wildman–Crippen LogP) is 5.71. The highest BCUT2D eigenvalue weighted by molar-refractivity contribution is 5.84. The number of benzene rings is 1. The van der Waals surface area contributed by atoms with Gasteiger partial charge in [0.25, 0.3) is 0 Å². The molecular formula is C30H41F2N3O3. The minimum absolute atomic E-state index is 0.0358. The first-order valence-corrected chi connectivity index (χ1v) is 14.6. The van der Waals surface area contributed by atoms with E-state index in [0.29, 0.717) is 35.8 Å². The van der Waals surface area contributed by atoms with E-state index in [1.165, 1.54) is 17.2 Å². The second-order valence-electron chi connectivity index (χ2n) is 13.3. The van der Waals surface area contributed by atoms with Crippen molar-refractivity contribution in [2.75, 3.05) is 13.2 Å². The van der Waals surface area contributed by atoms with Gasteiger partial charge in [0.05, 0.1) is 17.7 Å². The molecule has 0 unspecified atom stereocenters. The van der Waals surface area contributed by atoms with Crippen LogP contribution in [0, 0.1) is 52.1 Å². The number of carbonyl (C=O) groups excluding carboxylic acids is 1. The van der Waals surface area contributed by atoms with Crippen LogP contribution in [0.4, 0.5) is 8.78 Å². The number of aliphatic hydroxyl groups is 1. The maximum Gasteiger partial charge on any atom is 0.188 e. The highest BCUT2D eigenvalue weighted by Gasteiger charge is 2.63. The van der Waals surface area contributed by atoms with E-state index in [-0.39, 0.29) is 34.6 Å². The molecule has 38 heavy (non-hydrogen) atoms. The lowest BCUT2D eigenvalue weighted by molar-refractivity contribution is -0.178. The van der Waals surface area contributed by atoms with Crippen LogP contribution in [0.15, 0.2) is 12.1 Å². The Hall–Kier alpha value is -1.93. The quantitative estimate of drug-likeness (QED) is 0.519. The number of fused-ring (bicyclic) bond motifs is 6. The van der Waals surface area contributed by atoms with Crippen LogP contribution in [0.2, 0.25) is 0 Å². The molecule has 6 rings (SSSR count). The van der Waals surface area contributed by atoms with Gasteiger partial charge in [-0.2, -0.15) is 0 Å². The van der Waals surface area contributed by atoms with Crippen LogP contribution in [-0.2, 0) is 16.1 Å². The lowest BCUT2D eigenvalue weighted by atomic mass is 9.43. The largest absolute Gasteiger partial charge is 0.390 e. The van der Waals surface area contributed by atoms with Crippen molar-refractivity contribution < 1.29 is 23.4 Å². The number of ether oxygens (including phenoxy) is 1. The van der Waals surface area contributed by atoms with Crippen LogP contribution in [0.3, 0.4) is 0 Å². The fraction of sp³-hybridized carbons (Fsp3) is 0.767. The first-order valence-electron chi connectivity index (χ1n) is 14.6. The van der Waals surface area contributed by atoms with E-state index in [4.69, 9.17) is 4.74 Å². The highest BCUT2D eigenvalue weighted by Crippen LogP contribution is 2.68. The second-order valence-corrected chi connectivity index (χ2v) is 13.3. The summed E-state index contributed by atoms with van der Waals surface area (Å²) in [7, 11) is 0. The molecule has 8 heteroatoms. The molecule has 0 amide bonds. The Morgan fingerprint density at radius 2 is 1.92 bits per heavy atom. The van der Waals surface area contributed by atoms with E-state index >= 15 is 0 Å². The summed E-state index contributed by atoms with van der Waals surface area (Å²) in [6.45, 7) is 7.93. The molecule has 208 valence electrons. The fourth-order valence-electron chi connectivity index (χ4n) is 9.69. The van der Waals surface area contributed by atoms with Gasteiger partial charge in [0.2, 0.25) is 0 Å². The van der Waals surface area contributed by atoms with Crippen molar-refractivity contribution in [1.82, 2.24) is 15.0 Å². The van der Waals surface area contributed by atoms with Crippen LogP contribution in [0.1, 0.15) is 78.6 Å². The summed E-state index contributed by atoms with van der Waals surface area (Å²) in [6, 6.07) is 2.51. The summed E-state index contributed by atoms with van der Waals surface area (Å²) < 4.78 is 35.4. The van der Waals surface area contributed by atoms with Crippen molar-refractivity contribution >= 4 is 16.8 Å². The first kappa shape index (κ1) is 26.3. The monoisotopic (exact) mass is 529 g/mol. The molecule has 0 saturated heterocycles. The van der Waals surface area contributed by atoms with Crippen LogP contribution < -0.4 is 0 Å². The number of Topliss-reactive ketones (excluding diaryl/α,β-unsaturated/α-hetero) is 1. The third kappa shape index (κ3) is 3.95. The lowest BCUT2D eigenvalue weighted by Crippen LogP contribution is -2.58. The molecule has 0 aliphatic heterocycles. The summed E-state index contributed by atoms with van der Waals surface area (Å²) >= 11 is 0. The Morgan fingerprint density at radius 3 is 2.71 bits per heavy atom. The number of hydrogen-bond acceptors (Lipinski definition) is 5. The number of halogens is 2. The van der Waals surface area contributed by atoms with Gasteiger partial charge in [-0.05, 0) is 118 Å². The molecule has 1 N–H and O–H groups in total. The number of nitrogens with zero attached hydrogens (tertiary/aromatic N) is 3. The van der Waals surface area contributed by atoms with Gasteiger partial charge in [0.15, 0.2) is 22.9 Å². The maximum absolute atomic E-state index is 14.2. The maximum atomic E-state index is 14.2. The Kier molecular flexibility index (Phi) is 6.45. The topological polar surface area (TPSA) is 77.2 Å². The minimum Gasteiger partial charge on any atom is -0.390 e. The molecule has 4 saturated carbocycles. The van der Waals surface area contributed by atoms with Crippen molar-refractivity contribution in [1.29, 1.82) is 0 Å². The Labute approximate surface area is 223 Å². The van der Waals surface area contributed by atoms with Gasteiger partial charge in [-0.1, -0.05) is 12.1 Å². The van der Waals surface area contributed by atoms with Crippen molar-refractivity contribution in [3.63, 3.8) is 0 Å². The SMILES string of the molecule is CCOC[C@]12CC[C@@](C)(O)C[C@H]1CC[C@H]1[C@@H]3CC[C@H](C(=O)Cn4nnc5c(F)c(F)ccc54)[C@@]3(C)CC[C@@H]12. The molecule has 2 aromatic rings. The average Bonchev–Trinajstić information content (AvgIpc) is 3.45. The number of ketones is 1. The van der Waals surface area contributed by atoms with E-state index in [1.54, 1.807) is 0 Å². The average molecular weight is 530 g/mol. The summed E-state index contributed by atoms with van der Waals surface area (Å²) in [5.41, 5.74) is -0.293. The van der Waals surface area contributed by atoms with E-state index in [1.807, 2.05) is 6.92 Å². The van der Waals surface area contributed by atoms with E-state index < -0.39 is 17.2 Å². The van der Waals surface area contributed by atoms with Gasteiger partial charge in [-0.25, -0.2) is 13.5 Å². The summed E-state index contributed by atoms with van der Waals surface area (Å²) in [5, 5.41) is 18.7. The Balaban J connectivity index is 1.23. The summed E-state index contributed by atoms with van der Waals surface area (Å²) in [6.07, 6.45) is 9.06. The zero-order valence-electron chi connectivity index (χ0n) is 22.9. The molecule has 8 atom stereocenters. The summed E-state index contributed by atoms with van der Waals surface area (Å²) in [4.78, 5) is 13.7. The van der Waals surface area contributed by atoms with Gasteiger partial charge in [-0.15, -0.1) is 5.10 Å². The number of carbonyl (C=O) groups is 1. The van der Waals surface area contributed by atoms with Gasteiger partial charge in [0.1, 0.15) is 6.54 Å². The Morgan fingerprint density at radius 1 is 1.11 bits per heavy atom. The predicted molar refractivity (Wildman–Crippen MR) is 139 cm³/mol. The zero-order valence-corrected chi connectivity index (χ0v) is 22.9. The molecule has 0 spiro atoms. The summed E-state index contributed by atoms with van der Waals surface area (Å²) in [5.74, 6) is 0.222. The van der Waals surface area contributed by atoms with Crippen molar-refractivity contribution in [3.05, 3.63) is 23.8 Å². The number of hydrogen-bond donors (Lipinski definition) is 1. The minimum atomic E-state index is -1.02. The molecule has 6 nitrogen and oxygen atoms in total. The Bertz CT molecular complexity index is 1230. The fourth-order valence-corrected chi connectivity index (χ4v) is 9.69. The van der Waals surface area contributed by atoms with Gasteiger partial charge in [0, 0.05) is 12.5 Å².